The molecular formula is C22H23NO6. The second-order valence-electron chi connectivity index (χ2n) is 6.79. The third kappa shape index (κ3) is 4.39. The van der Waals surface area contributed by atoms with Crippen LogP contribution < -0.4 is 4.74 Å². The summed E-state index contributed by atoms with van der Waals surface area (Å²) >= 11 is 0. The van der Waals surface area contributed by atoms with E-state index < -0.39 is 30.5 Å². The normalized spacial score (nSPS) is 15.3. The zero-order valence-electron chi connectivity index (χ0n) is 16.6. The highest BCUT2D eigenvalue weighted by molar-refractivity contribution is 5.92. The van der Waals surface area contributed by atoms with Crippen molar-refractivity contribution in [1.82, 2.24) is 4.90 Å². The molecule has 0 N–H and O–H groups in total. The van der Waals surface area contributed by atoms with Gasteiger partial charge in [0, 0.05) is 13.0 Å². The van der Waals surface area contributed by atoms with Crippen molar-refractivity contribution in [3.05, 3.63) is 64.7 Å². The highest BCUT2D eigenvalue weighted by Gasteiger charge is 2.35. The number of carbonyl (C=O) groups excluding carboxylic acids is 3. The largest absolute Gasteiger partial charge is 0.496 e. The van der Waals surface area contributed by atoms with Crippen molar-refractivity contribution in [2.24, 2.45) is 0 Å². The Kier molecular flexibility index (Phi) is 6.16. The van der Waals surface area contributed by atoms with Gasteiger partial charge in [-0.25, -0.2) is 9.59 Å². The van der Waals surface area contributed by atoms with Crippen molar-refractivity contribution in [3.63, 3.8) is 0 Å². The molecule has 0 saturated carbocycles. The number of fused-ring (bicyclic) bond motifs is 1. The molecule has 2 aromatic carbocycles. The highest BCUT2D eigenvalue weighted by Crippen LogP contribution is 2.24. The molecule has 0 aromatic heterocycles. The smallest absolute Gasteiger partial charge is 0.338 e. The summed E-state index contributed by atoms with van der Waals surface area (Å²) in [4.78, 5) is 38.7. The molecule has 0 aliphatic carbocycles. The molecule has 1 atom stereocenters. The van der Waals surface area contributed by atoms with Gasteiger partial charge in [-0.05, 0) is 35.7 Å². The number of esters is 2. The number of hydrogen-bond acceptors (Lipinski definition) is 6. The van der Waals surface area contributed by atoms with Crippen LogP contribution in [0.2, 0.25) is 0 Å². The fourth-order valence-corrected chi connectivity index (χ4v) is 3.37. The van der Waals surface area contributed by atoms with Crippen LogP contribution in [0.1, 0.15) is 27.0 Å². The van der Waals surface area contributed by atoms with Crippen molar-refractivity contribution in [1.29, 1.82) is 0 Å². The minimum Gasteiger partial charge on any atom is -0.496 e. The first-order valence-corrected chi connectivity index (χ1v) is 9.20. The monoisotopic (exact) mass is 397 g/mol. The lowest BCUT2D eigenvalue weighted by Gasteiger charge is -2.35. The second-order valence-corrected chi connectivity index (χ2v) is 6.79. The molecule has 0 saturated heterocycles. The first-order valence-electron chi connectivity index (χ1n) is 9.20. The quantitative estimate of drug-likeness (QED) is 0.720. The van der Waals surface area contributed by atoms with Gasteiger partial charge < -0.3 is 19.1 Å². The molecule has 0 radical (unpaired) electrons. The number of rotatable bonds is 5. The predicted molar refractivity (Wildman–Crippen MR) is 105 cm³/mol. The minimum absolute atomic E-state index is 0.255. The van der Waals surface area contributed by atoms with Gasteiger partial charge >= 0.3 is 11.9 Å². The molecule has 0 bridgehead atoms. The number of benzene rings is 2. The molecule has 0 spiro atoms. The Balaban J connectivity index is 1.71. The van der Waals surface area contributed by atoms with Gasteiger partial charge in [-0.2, -0.15) is 0 Å². The lowest BCUT2D eigenvalue weighted by Crippen LogP contribution is -2.50. The third-order valence-corrected chi connectivity index (χ3v) is 5.01. The van der Waals surface area contributed by atoms with E-state index in [0.717, 1.165) is 16.7 Å². The van der Waals surface area contributed by atoms with Crippen LogP contribution in [0.25, 0.3) is 0 Å². The summed E-state index contributed by atoms with van der Waals surface area (Å²) in [6.07, 6.45) is 0.359. The lowest BCUT2D eigenvalue weighted by atomic mass is 9.94. The fourth-order valence-electron chi connectivity index (χ4n) is 3.37. The van der Waals surface area contributed by atoms with Crippen LogP contribution in [0.15, 0.2) is 42.5 Å². The Morgan fingerprint density at radius 2 is 1.79 bits per heavy atom. The average Bonchev–Trinajstić information content (AvgIpc) is 2.76. The van der Waals surface area contributed by atoms with Crippen molar-refractivity contribution >= 4 is 17.8 Å². The van der Waals surface area contributed by atoms with E-state index in [-0.39, 0.29) is 12.1 Å². The molecule has 7 nitrogen and oxygen atoms in total. The van der Waals surface area contributed by atoms with Crippen molar-refractivity contribution in [3.8, 4) is 5.75 Å². The number of ether oxygens (including phenoxy) is 3. The number of nitrogens with zero attached hydrogens (tertiary/aromatic N) is 1. The van der Waals surface area contributed by atoms with Gasteiger partial charge in [-0.3, -0.25) is 4.79 Å². The standard InChI is InChI=1S/C22H23NO6/c1-14-8-9-16(11-19(14)27-2)21(25)29-13-20(24)23-12-17-7-5-4-6-15(17)10-18(23)22(26)28-3/h4-9,11,18H,10,12-13H2,1-3H3/t18-/m1/s1. The van der Waals surface area contributed by atoms with E-state index in [1.165, 1.54) is 19.1 Å². The fraction of sp³-hybridized carbons (Fsp3) is 0.318. The Hall–Kier alpha value is -3.35. The maximum Gasteiger partial charge on any atom is 0.338 e. The Morgan fingerprint density at radius 3 is 2.48 bits per heavy atom. The summed E-state index contributed by atoms with van der Waals surface area (Å²) in [6, 6.07) is 11.8. The molecule has 1 heterocycles. The second kappa shape index (κ2) is 8.77. The third-order valence-electron chi connectivity index (χ3n) is 5.01. The molecule has 29 heavy (non-hydrogen) atoms. The van der Waals surface area contributed by atoms with E-state index in [1.54, 1.807) is 18.2 Å². The number of amides is 1. The van der Waals surface area contributed by atoms with Gasteiger partial charge in [-0.1, -0.05) is 30.3 Å². The van der Waals surface area contributed by atoms with Crippen LogP contribution in [0.4, 0.5) is 0 Å². The molecule has 3 rings (SSSR count). The van der Waals surface area contributed by atoms with Crippen LogP contribution in [-0.2, 0) is 32.0 Å². The van der Waals surface area contributed by atoms with Crippen LogP contribution in [0.3, 0.4) is 0 Å². The topological polar surface area (TPSA) is 82.1 Å². The molecule has 2 aromatic rings. The van der Waals surface area contributed by atoms with Crippen LogP contribution in [0.5, 0.6) is 5.75 Å². The zero-order chi connectivity index (χ0) is 21.0. The van der Waals surface area contributed by atoms with Crippen molar-refractivity contribution < 1.29 is 28.6 Å². The van der Waals surface area contributed by atoms with Gasteiger partial charge in [0.25, 0.3) is 5.91 Å². The van der Waals surface area contributed by atoms with Gasteiger partial charge in [0.2, 0.25) is 0 Å². The predicted octanol–water partition coefficient (Wildman–Crippen LogP) is 2.29. The first kappa shape index (κ1) is 20.4. The van der Waals surface area contributed by atoms with Gasteiger partial charge in [0.1, 0.15) is 11.8 Å². The van der Waals surface area contributed by atoms with Gasteiger partial charge in [-0.15, -0.1) is 0 Å². The summed E-state index contributed by atoms with van der Waals surface area (Å²) in [5.74, 6) is -1.03. The molecule has 1 aliphatic heterocycles. The number of methoxy groups -OCH3 is 2. The first-order chi connectivity index (χ1) is 13.9. The van der Waals surface area contributed by atoms with E-state index in [0.29, 0.717) is 12.2 Å². The van der Waals surface area contributed by atoms with Gasteiger partial charge in [0.15, 0.2) is 6.61 Å². The lowest BCUT2D eigenvalue weighted by molar-refractivity contribution is -0.155. The molecule has 1 aliphatic rings. The maximum absolute atomic E-state index is 12.8. The average molecular weight is 397 g/mol. The Bertz CT molecular complexity index is 939. The molecular weight excluding hydrogens is 374 g/mol. The number of aryl methyl sites for hydroxylation is 1. The van der Waals surface area contributed by atoms with E-state index in [4.69, 9.17) is 14.2 Å². The molecule has 7 heteroatoms. The molecule has 0 unspecified atom stereocenters. The number of carbonyl (C=O) groups is 3. The van der Waals surface area contributed by atoms with E-state index in [2.05, 4.69) is 0 Å². The molecule has 152 valence electrons. The number of hydrogen-bond donors (Lipinski definition) is 0. The maximum atomic E-state index is 12.8. The summed E-state index contributed by atoms with van der Waals surface area (Å²) in [5.41, 5.74) is 3.12. The highest BCUT2D eigenvalue weighted by atomic mass is 16.5. The molecule has 0 fully saturated rings. The van der Waals surface area contributed by atoms with Crippen molar-refractivity contribution in [2.75, 3.05) is 20.8 Å². The summed E-state index contributed by atoms with van der Waals surface area (Å²) in [5, 5.41) is 0. The summed E-state index contributed by atoms with van der Waals surface area (Å²) in [6.45, 7) is 1.65. The van der Waals surface area contributed by atoms with Gasteiger partial charge in [0.05, 0.1) is 19.8 Å². The van der Waals surface area contributed by atoms with Crippen LogP contribution in [-0.4, -0.2) is 49.6 Å². The van der Waals surface area contributed by atoms with E-state index >= 15 is 0 Å². The van der Waals surface area contributed by atoms with Crippen LogP contribution in [0, 0.1) is 6.92 Å². The van der Waals surface area contributed by atoms with Crippen molar-refractivity contribution in [2.45, 2.75) is 25.9 Å². The Labute approximate surface area is 169 Å². The minimum atomic E-state index is -0.749. The van der Waals surface area contributed by atoms with E-state index in [9.17, 15) is 14.4 Å². The zero-order valence-corrected chi connectivity index (χ0v) is 16.6. The Morgan fingerprint density at radius 1 is 1.07 bits per heavy atom. The van der Waals surface area contributed by atoms with E-state index in [1.807, 2.05) is 31.2 Å². The SMILES string of the molecule is COC(=O)[C@H]1Cc2ccccc2CN1C(=O)COC(=O)c1ccc(C)c(OC)c1. The summed E-state index contributed by atoms with van der Waals surface area (Å²) < 4.78 is 15.3. The van der Waals surface area contributed by atoms with Crippen LogP contribution >= 0.6 is 0 Å². The molecule has 1 amide bonds. The summed E-state index contributed by atoms with van der Waals surface area (Å²) in [7, 11) is 2.80.